The highest BCUT2D eigenvalue weighted by Gasteiger charge is 2.20. The lowest BCUT2D eigenvalue weighted by Gasteiger charge is -2.29. The highest BCUT2D eigenvalue weighted by atomic mass is 15.2. The Balaban J connectivity index is 1.04. The zero-order valence-corrected chi connectivity index (χ0v) is 29.0. The van der Waals surface area contributed by atoms with Gasteiger partial charge in [-0.05, 0) is 113 Å². The average Bonchev–Trinajstić information content (AvgIpc) is 3.60. The van der Waals surface area contributed by atoms with Gasteiger partial charge < -0.3 is 14.4 Å². The number of benzene rings is 5. The van der Waals surface area contributed by atoms with E-state index in [4.69, 9.17) is 0 Å². The third-order valence-corrected chi connectivity index (χ3v) is 10.1. The van der Waals surface area contributed by atoms with Crippen molar-refractivity contribution in [2.75, 3.05) is 9.80 Å². The summed E-state index contributed by atoms with van der Waals surface area (Å²) in [4.78, 5) is 13.3. The van der Waals surface area contributed by atoms with Gasteiger partial charge in [0.05, 0.1) is 5.69 Å². The van der Waals surface area contributed by atoms with Gasteiger partial charge >= 0.3 is 0 Å². The van der Waals surface area contributed by atoms with Crippen LogP contribution < -0.4 is 9.80 Å². The molecule has 3 aromatic heterocycles. The molecule has 1 aliphatic carbocycles. The number of allylic oxidation sites excluding steroid dienone is 1. The van der Waals surface area contributed by atoms with Gasteiger partial charge in [-0.15, -0.1) is 0 Å². The third-order valence-electron chi connectivity index (χ3n) is 10.1. The first-order valence-electron chi connectivity index (χ1n) is 17.8. The van der Waals surface area contributed by atoms with E-state index in [1.807, 2.05) is 24.8 Å². The molecule has 9 rings (SSSR count). The van der Waals surface area contributed by atoms with Crippen LogP contribution in [0.4, 0.5) is 34.1 Å². The van der Waals surface area contributed by atoms with E-state index in [9.17, 15) is 0 Å². The van der Waals surface area contributed by atoms with Crippen LogP contribution >= 0.6 is 0 Å². The SMILES string of the molecule is Cn1c(-c2ccc(N(c3ccncc3)c3cccc4c3CCC=C4)cc2)ccc1-c1ccc(N(c2ccncc2)c2cccc3ccccc23)cc1. The van der Waals surface area contributed by atoms with Crippen LogP contribution in [-0.2, 0) is 13.5 Å². The number of hydrogen-bond acceptors (Lipinski definition) is 4. The molecule has 0 fully saturated rings. The molecule has 0 spiro atoms. The molecule has 0 saturated carbocycles. The van der Waals surface area contributed by atoms with Gasteiger partial charge in [-0.2, -0.15) is 0 Å². The van der Waals surface area contributed by atoms with Crippen molar-refractivity contribution in [2.45, 2.75) is 12.8 Å². The van der Waals surface area contributed by atoms with Crippen LogP contribution in [0.2, 0.25) is 0 Å². The van der Waals surface area contributed by atoms with E-state index >= 15 is 0 Å². The summed E-state index contributed by atoms with van der Waals surface area (Å²) in [5.41, 5.74) is 14.0. The summed E-state index contributed by atoms with van der Waals surface area (Å²) in [7, 11) is 2.15. The summed E-state index contributed by atoms with van der Waals surface area (Å²) in [5, 5.41) is 2.41. The number of nitrogens with zero attached hydrogens (tertiary/aromatic N) is 5. The summed E-state index contributed by atoms with van der Waals surface area (Å²) in [5.74, 6) is 0. The van der Waals surface area contributed by atoms with Crippen molar-refractivity contribution < 1.29 is 0 Å². The normalized spacial score (nSPS) is 12.1. The largest absolute Gasteiger partial charge is 0.344 e. The molecule has 0 N–H and O–H groups in total. The van der Waals surface area contributed by atoms with Crippen molar-refractivity contribution in [3.63, 3.8) is 0 Å². The Bertz CT molecular complexity index is 2510. The van der Waals surface area contributed by atoms with Gasteiger partial charge in [0, 0.05) is 77.0 Å². The Hall–Kier alpha value is -6.72. The van der Waals surface area contributed by atoms with Crippen LogP contribution in [0.5, 0.6) is 0 Å². The Kier molecular flexibility index (Phi) is 8.14. The van der Waals surface area contributed by atoms with Crippen molar-refractivity contribution in [3.8, 4) is 22.5 Å². The summed E-state index contributed by atoms with van der Waals surface area (Å²) in [6.07, 6.45) is 14.0. The smallest absolute Gasteiger partial charge is 0.0540 e. The van der Waals surface area contributed by atoms with E-state index < -0.39 is 0 Å². The fourth-order valence-electron chi connectivity index (χ4n) is 7.57. The maximum atomic E-state index is 4.30. The predicted molar refractivity (Wildman–Crippen MR) is 216 cm³/mol. The summed E-state index contributed by atoms with van der Waals surface area (Å²) >= 11 is 0. The van der Waals surface area contributed by atoms with E-state index in [-0.39, 0.29) is 0 Å². The molecule has 0 bridgehead atoms. The fraction of sp³-hybridized carbons (Fsp3) is 0.0638. The number of aromatic nitrogens is 3. The number of fused-ring (bicyclic) bond motifs is 2. The molecule has 0 unspecified atom stereocenters. The molecule has 52 heavy (non-hydrogen) atoms. The maximum Gasteiger partial charge on any atom is 0.0540 e. The summed E-state index contributed by atoms with van der Waals surface area (Å²) < 4.78 is 2.29. The quantitative estimate of drug-likeness (QED) is 0.161. The minimum atomic E-state index is 1.03. The molecule has 0 amide bonds. The lowest BCUT2D eigenvalue weighted by atomic mass is 9.94. The second-order valence-corrected chi connectivity index (χ2v) is 13.1. The molecule has 250 valence electrons. The van der Waals surface area contributed by atoms with Gasteiger partial charge in [-0.1, -0.05) is 84.9 Å². The third kappa shape index (κ3) is 5.72. The number of rotatable bonds is 8. The second-order valence-electron chi connectivity index (χ2n) is 13.1. The first kappa shape index (κ1) is 31.3. The average molecular weight is 672 g/mol. The zero-order chi connectivity index (χ0) is 34.9. The lowest BCUT2D eigenvalue weighted by Crippen LogP contribution is -2.13. The highest BCUT2D eigenvalue weighted by molar-refractivity contribution is 5.99. The summed E-state index contributed by atoms with van der Waals surface area (Å²) in [6, 6.07) is 52.2. The predicted octanol–water partition coefficient (Wildman–Crippen LogP) is 12.2. The topological polar surface area (TPSA) is 37.2 Å². The molecule has 8 aromatic rings. The van der Waals surface area contributed by atoms with Crippen LogP contribution in [0.15, 0.2) is 176 Å². The van der Waals surface area contributed by atoms with Gasteiger partial charge in [-0.25, -0.2) is 0 Å². The Morgan fingerprint density at radius 3 is 1.65 bits per heavy atom. The molecule has 0 saturated heterocycles. The van der Waals surface area contributed by atoms with Crippen molar-refractivity contribution in [1.82, 2.24) is 14.5 Å². The van der Waals surface area contributed by atoms with Crippen molar-refractivity contribution >= 4 is 51.0 Å². The molecule has 5 nitrogen and oxygen atoms in total. The molecule has 0 atom stereocenters. The molecule has 5 heteroatoms. The Morgan fingerprint density at radius 1 is 0.500 bits per heavy atom. The van der Waals surface area contributed by atoms with Crippen LogP contribution in [0.25, 0.3) is 39.4 Å². The highest BCUT2D eigenvalue weighted by Crippen LogP contribution is 2.42. The van der Waals surface area contributed by atoms with Crippen LogP contribution in [0.3, 0.4) is 0 Å². The van der Waals surface area contributed by atoms with Crippen molar-refractivity contribution in [2.24, 2.45) is 7.05 Å². The molecular formula is C47H37N5. The molecule has 0 radical (unpaired) electrons. The molecule has 3 heterocycles. The lowest BCUT2D eigenvalue weighted by molar-refractivity contribution is 0.946. The van der Waals surface area contributed by atoms with E-state index in [1.54, 1.807) is 0 Å². The van der Waals surface area contributed by atoms with Gasteiger partial charge in [0.1, 0.15) is 0 Å². The molecule has 5 aromatic carbocycles. The summed E-state index contributed by atoms with van der Waals surface area (Å²) in [6.45, 7) is 0. The molecule has 1 aliphatic rings. The molecular weight excluding hydrogens is 635 g/mol. The number of pyridine rings is 2. The second kappa shape index (κ2) is 13.5. The Labute approximate surface area is 304 Å². The Morgan fingerprint density at radius 2 is 1.02 bits per heavy atom. The van der Waals surface area contributed by atoms with Gasteiger partial charge in [0.15, 0.2) is 0 Å². The van der Waals surface area contributed by atoms with Crippen molar-refractivity contribution in [1.29, 1.82) is 0 Å². The minimum Gasteiger partial charge on any atom is -0.344 e. The van der Waals surface area contributed by atoms with Gasteiger partial charge in [0.25, 0.3) is 0 Å². The van der Waals surface area contributed by atoms with Gasteiger partial charge in [0.2, 0.25) is 0 Å². The standard InChI is InChI=1S/C47H37N5/c1-50-44(36-16-20-38(21-17-36)51(40-26-30-48-31-27-40)46-14-6-10-34-8-2-4-12-42(34)46)24-25-45(50)37-18-22-39(23-19-37)52(41-28-32-49-33-29-41)47-15-7-11-35-9-3-5-13-43(35)47/h2-4,6-12,14-33H,5,13H2,1H3. The number of anilines is 6. The first-order valence-corrected chi connectivity index (χ1v) is 17.8. The van der Waals surface area contributed by atoms with Crippen LogP contribution in [0, 0.1) is 0 Å². The van der Waals surface area contributed by atoms with Crippen LogP contribution in [0.1, 0.15) is 17.5 Å². The zero-order valence-electron chi connectivity index (χ0n) is 29.0. The fourth-order valence-corrected chi connectivity index (χ4v) is 7.57. The van der Waals surface area contributed by atoms with E-state index in [0.717, 1.165) is 58.2 Å². The van der Waals surface area contributed by atoms with Crippen LogP contribution in [-0.4, -0.2) is 14.5 Å². The van der Waals surface area contributed by atoms with E-state index in [0.29, 0.717) is 0 Å². The van der Waals surface area contributed by atoms with Crippen molar-refractivity contribution in [3.05, 3.63) is 188 Å². The number of hydrogen-bond donors (Lipinski definition) is 0. The first-order chi connectivity index (χ1) is 25.7. The maximum absolute atomic E-state index is 4.30. The minimum absolute atomic E-state index is 1.03. The molecule has 0 aliphatic heterocycles. The van der Waals surface area contributed by atoms with Gasteiger partial charge in [-0.3, -0.25) is 9.97 Å². The van der Waals surface area contributed by atoms with E-state index in [1.165, 1.54) is 33.2 Å². The monoisotopic (exact) mass is 671 g/mol. The van der Waals surface area contributed by atoms with E-state index in [2.05, 4.69) is 189 Å².